The summed E-state index contributed by atoms with van der Waals surface area (Å²) in [6.07, 6.45) is 12.1. The van der Waals surface area contributed by atoms with Crippen LogP contribution in [0.5, 0.6) is 0 Å². The highest BCUT2D eigenvalue weighted by Crippen LogP contribution is 2.87. The number of hydrogen-bond acceptors (Lipinski definition) is 8. The molecule has 8 heteroatoms. The number of aliphatic hydroxyl groups is 1. The molecule has 3 saturated heterocycles. The first-order valence-corrected chi connectivity index (χ1v) is 19.0. The Bertz CT molecular complexity index is 1180. The molecule has 46 heavy (non-hydrogen) atoms. The van der Waals surface area contributed by atoms with Crippen molar-refractivity contribution >= 4 is 5.97 Å². The maximum Gasteiger partial charge on any atom is 0.305 e. The van der Waals surface area contributed by atoms with Crippen LogP contribution in [0.1, 0.15) is 112 Å². The third-order valence-electron chi connectivity index (χ3n) is 15.7. The lowest BCUT2D eigenvalue weighted by atomic mass is 9.46. The monoisotopic (exact) mass is 643 g/mol. The van der Waals surface area contributed by atoms with Crippen molar-refractivity contribution in [1.29, 1.82) is 0 Å². The molecule has 3 aliphatic heterocycles. The molecule has 8 nitrogen and oxygen atoms in total. The van der Waals surface area contributed by atoms with Gasteiger partial charge in [0.25, 0.3) is 0 Å². The number of carbonyl (C=O) groups excluding carboxylic acids is 1. The van der Waals surface area contributed by atoms with E-state index in [0.717, 1.165) is 64.5 Å². The number of rotatable bonds is 7. The highest BCUT2D eigenvalue weighted by atomic mass is 16.7. The number of esters is 1. The van der Waals surface area contributed by atoms with Gasteiger partial charge in [-0.2, -0.15) is 0 Å². The minimum Gasteiger partial charge on any atom is -0.457 e. The lowest BCUT2D eigenvalue weighted by molar-refractivity contribution is -0.253. The molecule has 9 unspecified atom stereocenters. The van der Waals surface area contributed by atoms with E-state index in [1.54, 1.807) is 13.8 Å². The number of hydrogen-bond donors (Lipinski definition) is 1. The second kappa shape index (κ2) is 11.1. The number of carbonyl (C=O) groups is 1. The van der Waals surface area contributed by atoms with E-state index in [1.165, 1.54) is 38.5 Å². The Labute approximate surface area is 276 Å². The van der Waals surface area contributed by atoms with Crippen LogP contribution < -0.4 is 0 Å². The molecule has 260 valence electrons. The third-order valence-corrected chi connectivity index (χ3v) is 15.7. The smallest absolute Gasteiger partial charge is 0.305 e. The molecule has 5 saturated carbocycles. The highest BCUT2D eigenvalue weighted by molar-refractivity contribution is 5.69. The summed E-state index contributed by atoms with van der Waals surface area (Å²) in [4.78, 5) is 14.8. The first-order valence-electron chi connectivity index (χ1n) is 19.0. The number of nitrogens with zero attached hydrogens (tertiary/aromatic N) is 1. The predicted molar refractivity (Wildman–Crippen MR) is 173 cm³/mol. The zero-order valence-electron chi connectivity index (χ0n) is 29.4. The topological polar surface area (TPSA) is 86.7 Å². The minimum absolute atomic E-state index is 0.125. The molecule has 12 atom stereocenters. The molecular weight excluding hydrogens is 582 g/mol. The molecule has 0 amide bonds. The maximum atomic E-state index is 12.3. The molecule has 5 aliphatic carbocycles. The Morgan fingerprint density at radius 2 is 1.78 bits per heavy atom. The Kier molecular flexibility index (Phi) is 7.84. The van der Waals surface area contributed by atoms with Crippen LogP contribution >= 0.6 is 0 Å². The van der Waals surface area contributed by atoms with Gasteiger partial charge in [0, 0.05) is 13.0 Å². The van der Waals surface area contributed by atoms with Crippen molar-refractivity contribution in [2.45, 2.75) is 155 Å². The van der Waals surface area contributed by atoms with Gasteiger partial charge in [0.2, 0.25) is 0 Å². The van der Waals surface area contributed by atoms with Gasteiger partial charge in [-0.1, -0.05) is 27.7 Å². The van der Waals surface area contributed by atoms with Crippen LogP contribution in [0.25, 0.3) is 0 Å². The van der Waals surface area contributed by atoms with Crippen LogP contribution in [0, 0.1) is 45.3 Å². The molecular formula is C38H61NO7. The van der Waals surface area contributed by atoms with Gasteiger partial charge >= 0.3 is 5.97 Å². The molecule has 8 aliphatic rings. The van der Waals surface area contributed by atoms with E-state index in [9.17, 15) is 9.90 Å². The van der Waals surface area contributed by atoms with Gasteiger partial charge in [-0.05, 0) is 123 Å². The molecule has 0 radical (unpaired) electrons. The Hall–Kier alpha value is -0.770. The van der Waals surface area contributed by atoms with Crippen molar-refractivity contribution in [2.75, 3.05) is 32.9 Å². The number of ether oxygens (including phenoxy) is 5. The largest absolute Gasteiger partial charge is 0.457 e. The van der Waals surface area contributed by atoms with Crippen molar-refractivity contribution in [1.82, 2.24) is 4.90 Å². The highest BCUT2D eigenvalue weighted by Gasteiger charge is 2.80. The van der Waals surface area contributed by atoms with Crippen LogP contribution in [0.3, 0.4) is 0 Å². The van der Waals surface area contributed by atoms with E-state index in [1.807, 2.05) is 6.92 Å². The second-order valence-corrected chi connectivity index (χ2v) is 18.4. The van der Waals surface area contributed by atoms with Gasteiger partial charge < -0.3 is 28.8 Å². The lowest BCUT2D eigenvalue weighted by Gasteiger charge is -2.60. The summed E-state index contributed by atoms with van der Waals surface area (Å²) in [7, 11) is 0. The SMILES string of the molecule is CCC(=O)O[C@@H](C1CCC2C(CC3C4CCC5C(C)(C)[C@@H](OC6CN(C7COC7)CCO6)CCC56C[C@@]46CCC23C)O1)C(C)(C)O. The van der Waals surface area contributed by atoms with Crippen LogP contribution in [-0.4, -0.2) is 91.2 Å². The minimum atomic E-state index is -1.14. The first kappa shape index (κ1) is 32.4. The summed E-state index contributed by atoms with van der Waals surface area (Å²) in [5.74, 6) is 2.49. The molecule has 0 bridgehead atoms. The van der Waals surface area contributed by atoms with E-state index in [-0.39, 0.29) is 36.0 Å². The molecule has 3 heterocycles. The first-order chi connectivity index (χ1) is 21.8. The standard InChI is InChI=1S/C38H61NO7/c1-7-31(40)46-33(35(4,5)41)27-10-8-25-28(44-27)18-26-24-9-11-29-34(2,3)30(45-32-19-39(16-17-43-32)23-20-42-21-23)12-13-38(29)22-37(24,38)15-14-36(25,26)6/h23-30,32-33,41H,7-22H2,1-6H3/t24?,25?,26?,27?,28?,29?,30-,32?,33-,36?,37-,38?/m0/s1. The summed E-state index contributed by atoms with van der Waals surface area (Å²) < 4.78 is 31.3. The molecule has 8 rings (SSSR count). The van der Waals surface area contributed by atoms with Crippen LogP contribution in [0.2, 0.25) is 0 Å². The molecule has 1 N–H and O–H groups in total. The molecule has 0 aromatic heterocycles. The van der Waals surface area contributed by atoms with E-state index < -0.39 is 11.7 Å². The summed E-state index contributed by atoms with van der Waals surface area (Å²) in [6.45, 7) is 17.2. The zero-order chi connectivity index (χ0) is 32.3. The fourth-order valence-electron chi connectivity index (χ4n) is 13.3. The zero-order valence-corrected chi connectivity index (χ0v) is 29.4. The van der Waals surface area contributed by atoms with Crippen molar-refractivity contribution in [2.24, 2.45) is 45.3 Å². The second-order valence-electron chi connectivity index (χ2n) is 18.4. The van der Waals surface area contributed by atoms with Gasteiger partial charge in [-0.15, -0.1) is 0 Å². The fourth-order valence-corrected chi connectivity index (χ4v) is 13.3. The van der Waals surface area contributed by atoms with Gasteiger partial charge in [-0.25, -0.2) is 0 Å². The van der Waals surface area contributed by atoms with Gasteiger partial charge in [0.1, 0.15) is 0 Å². The Balaban J connectivity index is 0.962. The third kappa shape index (κ3) is 4.76. The number of morpholine rings is 1. The average molecular weight is 644 g/mol. The Morgan fingerprint density at radius 3 is 2.50 bits per heavy atom. The van der Waals surface area contributed by atoms with Gasteiger partial charge in [0.15, 0.2) is 12.4 Å². The van der Waals surface area contributed by atoms with Crippen LogP contribution in [0.15, 0.2) is 0 Å². The fraction of sp³-hybridized carbons (Fsp3) is 0.974. The molecule has 8 fully saturated rings. The average Bonchev–Trinajstić information content (AvgIpc) is 3.56. The van der Waals surface area contributed by atoms with E-state index in [4.69, 9.17) is 23.7 Å². The van der Waals surface area contributed by atoms with E-state index >= 15 is 0 Å². The number of fused-ring (bicyclic) bond motifs is 4. The van der Waals surface area contributed by atoms with Crippen molar-refractivity contribution in [3.05, 3.63) is 0 Å². The quantitative estimate of drug-likeness (QED) is 0.353. The molecule has 2 spiro atoms. The normalized spacial score (nSPS) is 48.9. The summed E-state index contributed by atoms with van der Waals surface area (Å²) in [6, 6.07) is 0.536. The van der Waals surface area contributed by atoms with E-state index in [2.05, 4.69) is 25.7 Å². The van der Waals surface area contributed by atoms with Crippen molar-refractivity contribution in [3.63, 3.8) is 0 Å². The predicted octanol–water partition coefficient (Wildman–Crippen LogP) is 5.73. The summed E-state index contributed by atoms with van der Waals surface area (Å²) >= 11 is 0. The summed E-state index contributed by atoms with van der Waals surface area (Å²) in [5, 5.41) is 11.0. The van der Waals surface area contributed by atoms with Gasteiger partial charge in [-0.3, -0.25) is 9.69 Å². The summed E-state index contributed by atoms with van der Waals surface area (Å²) in [5.41, 5.74) is 0.285. The lowest BCUT2D eigenvalue weighted by Crippen LogP contribution is -2.58. The van der Waals surface area contributed by atoms with E-state index in [0.29, 0.717) is 46.5 Å². The van der Waals surface area contributed by atoms with Crippen LogP contribution in [-0.2, 0) is 28.5 Å². The maximum absolute atomic E-state index is 12.3. The van der Waals surface area contributed by atoms with Crippen molar-refractivity contribution in [3.8, 4) is 0 Å². The molecule has 0 aromatic rings. The van der Waals surface area contributed by atoms with Gasteiger partial charge in [0.05, 0.1) is 56.3 Å². The molecule has 0 aromatic carbocycles. The Morgan fingerprint density at radius 1 is 1.00 bits per heavy atom. The van der Waals surface area contributed by atoms with Crippen LogP contribution in [0.4, 0.5) is 0 Å². The van der Waals surface area contributed by atoms with Crippen molar-refractivity contribution < 1.29 is 33.6 Å².